The van der Waals surface area contributed by atoms with Gasteiger partial charge in [-0.2, -0.15) is 13.2 Å². The van der Waals surface area contributed by atoms with E-state index in [1.54, 1.807) is 54.4 Å². The Kier molecular flexibility index (Phi) is 9.25. The number of anilines is 2. The lowest BCUT2D eigenvalue weighted by Crippen LogP contribution is -2.34. The number of fused-ring (bicyclic) bond motifs is 1. The number of carbonyl (C=O) groups is 3. The lowest BCUT2D eigenvalue weighted by atomic mass is 10.0. The van der Waals surface area contributed by atoms with Gasteiger partial charge in [-0.3, -0.25) is 14.4 Å². The van der Waals surface area contributed by atoms with Crippen LogP contribution in [-0.2, 0) is 11.0 Å². The summed E-state index contributed by atoms with van der Waals surface area (Å²) < 4.78 is 45.2. The van der Waals surface area contributed by atoms with Gasteiger partial charge in [-0.25, -0.2) is 0 Å². The molecule has 0 saturated heterocycles. The van der Waals surface area contributed by atoms with Crippen molar-refractivity contribution >= 4 is 40.7 Å². The van der Waals surface area contributed by atoms with Gasteiger partial charge in [-0.15, -0.1) is 0 Å². The van der Waals surface area contributed by atoms with Crippen LogP contribution in [0.5, 0.6) is 11.5 Å². The van der Waals surface area contributed by atoms with Gasteiger partial charge in [0.05, 0.1) is 22.4 Å². The topological polar surface area (TPSA) is 107 Å². The van der Waals surface area contributed by atoms with E-state index >= 15 is 0 Å². The average molecular weight is 646 g/mol. The monoisotopic (exact) mass is 645 g/mol. The molecule has 0 radical (unpaired) electrons. The van der Waals surface area contributed by atoms with Gasteiger partial charge in [0.15, 0.2) is 0 Å². The molecule has 47 heavy (non-hydrogen) atoms. The molecule has 244 valence electrons. The van der Waals surface area contributed by atoms with Gasteiger partial charge in [-0.1, -0.05) is 12.1 Å². The highest BCUT2D eigenvalue weighted by Gasteiger charge is 2.31. The van der Waals surface area contributed by atoms with E-state index in [1.165, 1.54) is 18.2 Å². The van der Waals surface area contributed by atoms with Crippen LogP contribution in [0.1, 0.15) is 48.8 Å². The Bertz CT molecular complexity index is 1890. The molecule has 3 amide bonds. The third-order valence-corrected chi connectivity index (χ3v) is 7.76. The first-order valence-corrected chi connectivity index (χ1v) is 14.7. The van der Waals surface area contributed by atoms with Gasteiger partial charge >= 0.3 is 6.18 Å². The van der Waals surface area contributed by atoms with Crippen LogP contribution in [0.15, 0.2) is 66.7 Å². The summed E-state index contributed by atoms with van der Waals surface area (Å²) in [6.07, 6.45) is -2.83. The lowest BCUT2D eigenvalue weighted by Gasteiger charge is -2.20. The third-order valence-electron chi connectivity index (χ3n) is 7.76. The summed E-state index contributed by atoms with van der Waals surface area (Å²) in [7, 11) is 5.66. The molecule has 1 aliphatic rings. The number of nitrogens with zero attached hydrogens (tertiary/aromatic N) is 2. The maximum Gasteiger partial charge on any atom is 0.416 e. The quantitative estimate of drug-likeness (QED) is 0.173. The molecule has 12 heteroatoms. The fraction of sp³-hybridized carbons (Fsp3) is 0.229. The van der Waals surface area contributed by atoms with E-state index in [0.29, 0.717) is 57.5 Å². The molecule has 4 aromatic rings. The van der Waals surface area contributed by atoms with Gasteiger partial charge in [0.1, 0.15) is 11.5 Å². The summed E-state index contributed by atoms with van der Waals surface area (Å²) in [4.78, 5) is 45.8. The maximum atomic E-state index is 13.2. The van der Waals surface area contributed by atoms with Crippen molar-refractivity contribution < 1.29 is 32.3 Å². The molecule has 1 aliphatic heterocycles. The smallest absolute Gasteiger partial charge is 0.416 e. The van der Waals surface area contributed by atoms with Crippen LogP contribution < -0.4 is 15.4 Å². The second-order valence-corrected chi connectivity index (χ2v) is 11.6. The van der Waals surface area contributed by atoms with Crippen molar-refractivity contribution in [3.05, 3.63) is 106 Å². The second-order valence-electron chi connectivity index (χ2n) is 11.6. The molecule has 0 aliphatic carbocycles. The predicted molar refractivity (Wildman–Crippen MR) is 175 cm³/mol. The molecule has 0 spiro atoms. The Balaban J connectivity index is 1.31. The van der Waals surface area contributed by atoms with Gasteiger partial charge in [0.2, 0.25) is 0 Å². The van der Waals surface area contributed by atoms with Crippen LogP contribution in [0.25, 0.3) is 11.6 Å². The molecule has 2 heterocycles. The number of alkyl halides is 3. The van der Waals surface area contributed by atoms with Crippen molar-refractivity contribution in [3.8, 4) is 11.5 Å². The Morgan fingerprint density at radius 3 is 2.38 bits per heavy atom. The van der Waals surface area contributed by atoms with E-state index in [2.05, 4.69) is 15.6 Å². The molecule has 3 aromatic carbocycles. The Hall–Kier alpha value is -5.36. The number of rotatable bonds is 9. The highest BCUT2D eigenvalue weighted by Crippen LogP contribution is 2.38. The number of aryl methyl sites for hydroxylation is 1. The van der Waals surface area contributed by atoms with Crippen molar-refractivity contribution in [3.63, 3.8) is 0 Å². The van der Waals surface area contributed by atoms with Crippen molar-refractivity contribution in [2.45, 2.75) is 20.0 Å². The van der Waals surface area contributed by atoms with Gasteiger partial charge in [0.25, 0.3) is 17.7 Å². The first kappa shape index (κ1) is 33.0. The van der Waals surface area contributed by atoms with Gasteiger partial charge in [0, 0.05) is 60.5 Å². The number of halogens is 3. The summed E-state index contributed by atoms with van der Waals surface area (Å²) in [6.45, 7) is 4.99. The number of benzene rings is 3. The van der Waals surface area contributed by atoms with E-state index in [4.69, 9.17) is 4.74 Å². The molecule has 0 atom stereocenters. The van der Waals surface area contributed by atoms with Crippen LogP contribution >= 0.6 is 0 Å². The predicted octanol–water partition coefficient (Wildman–Crippen LogP) is 6.82. The molecule has 0 bridgehead atoms. The van der Waals surface area contributed by atoms with Crippen LogP contribution in [0.2, 0.25) is 0 Å². The fourth-order valence-electron chi connectivity index (χ4n) is 5.22. The van der Waals surface area contributed by atoms with Crippen LogP contribution in [0.4, 0.5) is 24.5 Å². The highest BCUT2D eigenvalue weighted by molar-refractivity contribution is 6.35. The number of aromatic nitrogens is 1. The zero-order valence-corrected chi connectivity index (χ0v) is 26.5. The summed E-state index contributed by atoms with van der Waals surface area (Å²) >= 11 is 0. The molecular formula is C35H34F3N5O4. The van der Waals surface area contributed by atoms with Crippen molar-refractivity contribution in [1.82, 2.24) is 14.8 Å². The first-order chi connectivity index (χ1) is 22.2. The van der Waals surface area contributed by atoms with Crippen LogP contribution in [0, 0.1) is 13.8 Å². The minimum Gasteiger partial charge on any atom is -0.457 e. The third kappa shape index (κ3) is 7.39. The number of aromatic amines is 1. The largest absolute Gasteiger partial charge is 0.457 e. The number of nitrogens with one attached hydrogen (secondary N) is 3. The minimum atomic E-state index is -4.57. The minimum absolute atomic E-state index is 0.0971. The summed E-state index contributed by atoms with van der Waals surface area (Å²) in [6, 6.07) is 15.7. The number of likely N-dealkylation sites (N-methyl/N-ethyl adjacent to an activating group) is 2. The Morgan fingerprint density at radius 1 is 0.936 bits per heavy atom. The van der Waals surface area contributed by atoms with E-state index in [1.807, 2.05) is 32.8 Å². The molecule has 5 rings (SSSR count). The molecule has 3 N–H and O–H groups in total. The summed E-state index contributed by atoms with van der Waals surface area (Å²) in [5, 5.41) is 5.45. The molecule has 0 saturated carbocycles. The number of hydrogen-bond acceptors (Lipinski definition) is 5. The second kappa shape index (κ2) is 13.2. The lowest BCUT2D eigenvalue weighted by molar-refractivity contribution is -0.137. The fourth-order valence-corrected chi connectivity index (χ4v) is 5.22. The van der Waals surface area contributed by atoms with Gasteiger partial charge < -0.3 is 30.2 Å². The van der Waals surface area contributed by atoms with Crippen molar-refractivity contribution in [1.29, 1.82) is 0 Å². The highest BCUT2D eigenvalue weighted by atomic mass is 19.4. The van der Waals surface area contributed by atoms with Crippen molar-refractivity contribution in [2.75, 3.05) is 44.9 Å². The SMILES string of the molecule is Cc1[nH]c(C=C2C(=O)Nc3cc(Oc4cccc(NC(=O)c5cccc(C(F)(F)F)c5)c4)ccc32)c(C)c1C(=O)N(C)CCN(C)C. The van der Waals surface area contributed by atoms with E-state index in [-0.39, 0.29) is 17.4 Å². The molecule has 0 fully saturated rings. The van der Waals surface area contributed by atoms with Crippen molar-refractivity contribution in [2.24, 2.45) is 0 Å². The number of ether oxygens (including phenoxy) is 1. The molecule has 9 nitrogen and oxygen atoms in total. The normalized spacial score (nSPS) is 13.5. The van der Waals surface area contributed by atoms with Gasteiger partial charge in [-0.05, 0) is 82.0 Å². The zero-order valence-electron chi connectivity index (χ0n) is 26.5. The number of amides is 3. The number of hydrogen-bond donors (Lipinski definition) is 3. The van der Waals surface area contributed by atoms with Crippen LogP contribution in [-0.4, -0.2) is 66.7 Å². The van der Waals surface area contributed by atoms with Crippen LogP contribution in [0.3, 0.4) is 0 Å². The Morgan fingerprint density at radius 2 is 1.66 bits per heavy atom. The van der Waals surface area contributed by atoms with E-state index in [0.717, 1.165) is 24.2 Å². The van der Waals surface area contributed by atoms with E-state index in [9.17, 15) is 27.6 Å². The zero-order chi connectivity index (χ0) is 34.0. The Labute approximate surface area is 270 Å². The first-order valence-electron chi connectivity index (χ1n) is 14.7. The summed E-state index contributed by atoms with van der Waals surface area (Å²) in [5.41, 5.74) is 3.59. The summed E-state index contributed by atoms with van der Waals surface area (Å²) in [5.74, 6) is -0.336. The molecule has 0 unspecified atom stereocenters. The molecule has 1 aromatic heterocycles. The standard InChI is InChI=1S/C35H34F3N5O4/c1-20-29(39-21(2)31(20)34(46)43(5)15-14-42(3)4)19-28-27-13-12-26(18-30(27)41-33(28)45)47-25-11-7-10-24(17-25)40-32(44)22-8-6-9-23(16-22)35(36,37)38/h6-13,16-19,39H,14-15H2,1-5H3,(H,40,44)(H,41,45). The van der Waals surface area contributed by atoms with E-state index < -0.39 is 17.6 Å². The average Bonchev–Trinajstić information content (AvgIpc) is 3.48. The maximum absolute atomic E-state index is 13.2. The number of H-pyrrole nitrogens is 1. The molecular weight excluding hydrogens is 611 g/mol. The number of carbonyl (C=O) groups excluding carboxylic acids is 3.